The summed E-state index contributed by atoms with van der Waals surface area (Å²) >= 11 is 0. The summed E-state index contributed by atoms with van der Waals surface area (Å²) < 4.78 is 0. The van der Waals surface area contributed by atoms with E-state index in [9.17, 15) is 4.79 Å². The number of benzene rings is 1. The molecule has 1 N–H and O–H groups in total. The fourth-order valence-electron chi connectivity index (χ4n) is 1.58. The van der Waals surface area contributed by atoms with Crippen molar-refractivity contribution in [2.45, 2.75) is 6.92 Å². The van der Waals surface area contributed by atoms with E-state index in [0.717, 1.165) is 11.3 Å². The van der Waals surface area contributed by atoms with Crippen molar-refractivity contribution in [3.63, 3.8) is 0 Å². The molecule has 4 nitrogen and oxygen atoms in total. The van der Waals surface area contributed by atoms with Crippen LogP contribution in [0, 0.1) is 18.3 Å². The van der Waals surface area contributed by atoms with Crippen LogP contribution in [-0.4, -0.2) is 10.9 Å². The molecule has 1 heterocycles. The van der Waals surface area contributed by atoms with Gasteiger partial charge >= 0.3 is 0 Å². The van der Waals surface area contributed by atoms with Gasteiger partial charge < -0.3 is 5.32 Å². The molecule has 0 aliphatic rings. The Morgan fingerprint density at radius 2 is 2.11 bits per heavy atom. The Labute approximate surface area is 105 Å². The fourth-order valence-corrected chi connectivity index (χ4v) is 1.58. The smallest absolute Gasteiger partial charge is 0.258 e. The fraction of sp³-hybridized carbons (Fsp3) is 0.0714. The second-order valence-electron chi connectivity index (χ2n) is 3.80. The van der Waals surface area contributed by atoms with Gasteiger partial charge in [-0.05, 0) is 24.6 Å². The predicted octanol–water partition coefficient (Wildman–Crippen LogP) is 2.51. The van der Waals surface area contributed by atoms with Crippen LogP contribution in [0.15, 0.2) is 42.7 Å². The minimum absolute atomic E-state index is 0.281. The van der Waals surface area contributed by atoms with Crippen LogP contribution in [-0.2, 0) is 0 Å². The topological polar surface area (TPSA) is 65.8 Å². The van der Waals surface area contributed by atoms with Crippen LogP contribution in [0.5, 0.6) is 0 Å². The number of nitrogens with one attached hydrogen (secondary N) is 1. The maximum Gasteiger partial charge on any atom is 0.258 e. The molecular weight excluding hydrogens is 226 g/mol. The van der Waals surface area contributed by atoms with Crippen LogP contribution in [0.25, 0.3) is 0 Å². The molecule has 0 aliphatic heterocycles. The molecule has 0 fully saturated rings. The number of nitrogens with zero attached hydrogens (tertiary/aromatic N) is 2. The number of para-hydroxylation sites is 1. The van der Waals surface area contributed by atoms with E-state index in [1.165, 1.54) is 18.5 Å². The van der Waals surface area contributed by atoms with Crippen LogP contribution < -0.4 is 5.32 Å². The minimum Gasteiger partial charge on any atom is -0.322 e. The maximum absolute atomic E-state index is 12.0. The van der Waals surface area contributed by atoms with Gasteiger partial charge in [0.05, 0.1) is 11.1 Å². The van der Waals surface area contributed by atoms with Crippen LogP contribution >= 0.6 is 0 Å². The van der Waals surface area contributed by atoms with Crippen molar-refractivity contribution in [1.29, 1.82) is 5.26 Å². The summed E-state index contributed by atoms with van der Waals surface area (Å²) in [5.74, 6) is -0.325. The van der Waals surface area contributed by atoms with Gasteiger partial charge in [0.15, 0.2) is 0 Å². The summed E-state index contributed by atoms with van der Waals surface area (Å²) in [5.41, 5.74) is 2.29. The van der Waals surface area contributed by atoms with Gasteiger partial charge in [0, 0.05) is 18.1 Å². The quantitative estimate of drug-likeness (QED) is 0.872. The van der Waals surface area contributed by atoms with Crippen LogP contribution in [0.3, 0.4) is 0 Å². The van der Waals surface area contributed by atoms with E-state index in [-0.39, 0.29) is 11.5 Å². The first kappa shape index (κ1) is 11.8. The summed E-state index contributed by atoms with van der Waals surface area (Å²) in [6.45, 7) is 1.91. The van der Waals surface area contributed by atoms with Crippen molar-refractivity contribution >= 4 is 11.6 Å². The lowest BCUT2D eigenvalue weighted by atomic mass is 10.1. The highest BCUT2D eigenvalue weighted by Crippen LogP contribution is 2.15. The van der Waals surface area contributed by atoms with Crippen molar-refractivity contribution in [3.8, 4) is 6.07 Å². The van der Waals surface area contributed by atoms with Crippen LogP contribution in [0.4, 0.5) is 5.69 Å². The highest BCUT2D eigenvalue weighted by atomic mass is 16.1. The molecule has 4 heteroatoms. The Bertz CT molecular complexity index is 629. The number of hydrogen-bond acceptors (Lipinski definition) is 3. The van der Waals surface area contributed by atoms with Crippen molar-refractivity contribution in [2.75, 3.05) is 5.32 Å². The minimum atomic E-state index is -0.325. The molecule has 0 bridgehead atoms. The molecule has 18 heavy (non-hydrogen) atoms. The third-order valence-corrected chi connectivity index (χ3v) is 2.58. The zero-order valence-corrected chi connectivity index (χ0v) is 9.84. The lowest BCUT2D eigenvalue weighted by molar-refractivity contribution is 0.102. The number of pyridine rings is 1. The van der Waals surface area contributed by atoms with E-state index in [1.807, 2.05) is 37.3 Å². The zero-order chi connectivity index (χ0) is 13.0. The number of hydrogen-bond donors (Lipinski definition) is 1. The number of aryl methyl sites for hydroxylation is 1. The molecule has 0 saturated carbocycles. The Balaban J connectivity index is 2.29. The van der Waals surface area contributed by atoms with Gasteiger partial charge in [-0.25, -0.2) is 0 Å². The maximum atomic E-state index is 12.0. The van der Waals surface area contributed by atoms with Crippen molar-refractivity contribution in [1.82, 2.24) is 4.98 Å². The Morgan fingerprint density at radius 3 is 2.83 bits per heavy atom. The standard InChI is InChI=1S/C14H11N3O/c1-10-4-2-3-5-13(10)17-14(18)12-9-16-7-6-11(12)8-15/h2-7,9H,1H3,(H,17,18). The van der Waals surface area contributed by atoms with Gasteiger partial charge in [0.1, 0.15) is 6.07 Å². The SMILES string of the molecule is Cc1ccccc1NC(=O)c1cnccc1C#N. The van der Waals surface area contributed by atoms with Gasteiger partial charge in [0.25, 0.3) is 5.91 Å². The number of aromatic nitrogens is 1. The number of carbonyl (C=O) groups excluding carboxylic acids is 1. The molecule has 2 rings (SSSR count). The lowest BCUT2D eigenvalue weighted by Gasteiger charge is -2.08. The highest BCUT2D eigenvalue weighted by Gasteiger charge is 2.12. The third kappa shape index (κ3) is 2.36. The normalized spacial score (nSPS) is 9.56. The molecule has 1 aromatic carbocycles. The van der Waals surface area contributed by atoms with Crippen molar-refractivity contribution in [2.24, 2.45) is 0 Å². The third-order valence-electron chi connectivity index (χ3n) is 2.58. The van der Waals surface area contributed by atoms with E-state index < -0.39 is 0 Å². The Kier molecular flexibility index (Phi) is 3.35. The van der Waals surface area contributed by atoms with Gasteiger partial charge in [-0.15, -0.1) is 0 Å². The van der Waals surface area contributed by atoms with Gasteiger partial charge in [-0.3, -0.25) is 9.78 Å². The first-order chi connectivity index (χ1) is 8.72. The monoisotopic (exact) mass is 237 g/mol. The largest absolute Gasteiger partial charge is 0.322 e. The first-order valence-corrected chi connectivity index (χ1v) is 5.43. The van der Waals surface area contributed by atoms with Crippen molar-refractivity contribution in [3.05, 3.63) is 59.4 Å². The van der Waals surface area contributed by atoms with Crippen LogP contribution in [0.2, 0.25) is 0 Å². The van der Waals surface area contributed by atoms with E-state index in [0.29, 0.717) is 5.56 Å². The molecular formula is C14H11N3O. The highest BCUT2D eigenvalue weighted by molar-refractivity contribution is 6.06. The summed E-state index contributed by atoms with van der Waals surface area (Å²) in [6, 6.07) is 11.0. The second kappa shape index (κ2) is 5.11. The summed E-state index contributed by atoms with van der Waals surface area (Å²) in [7, 11) is 0. The summed E-state index contributed by atoms with van der Waals surface area (Å²) in [6.07, 6.45) is 2.88. The number of anilines is 1. The van der Waals surface area contributed by atoms with Gasteiger partial charge in [0.2, 0.25) is 0 Å². The molecule has 0 saturated heterocycles. The van der Waals surface area contributed by atoms with E-state index in [4.69, 9.17) is 5.26 Å². The number of carbonyl (C=O) groups is 1. The first-order valence-electron chi connectivity index (χ1n) is 5.43. The molecule has 2 aromatic rings. The molecule has 1 aromatic heterocycles. The average molecular weight is 237 g/mol. The molecule has 0 atom stereocenters. The molecule has 0 radical (unpaired) electrons. The lowest BCUT2D eigenvalue weighted by Crippen LogP contribution is -2.14. The number of amides is 1. The predicted molar refractivity (Wildman–Crippen MR) is 68.1 cm³/mol. The molecule has 0 unspecified atom stereocenters. The summed E-state index contributed by atoms with van der Waals surface area (Å²) in [5, 5.41) is 11.7. The number of rotatable bonds is 2. The Morgan fingerprint density at radius 1 is 1.33 bits per heavy atom. The molecule has 88 valence electrons. The van der Waals surface area contributed by atoms with E-state index >= 15 is 0 Å². The molecule has 0 aliphatic carbocycles. The van der Waals surface area contributed by atoms with Crippen molar-refractivity contribution < 1.29 is 4.79 Å². The van der Waals surface area contributed by atoms with Gasteiger partial charge in [-0.1, -0.05) is 18.2 Å². The molecule has 1 amide bonds. The average Bonchev–Trinajstić information content (AvgIpc) is 2.41. The Hall–Kier alpha value is -2.67. The van der Waals surface area contributed by atoms with E-state index in [2.05, 4.69) is 10.3 Å². The summed E-state index contributed by atoms with van der Waals surface area (Å²) in [4.78, 5) is 15.9. The number of nitriles is 1. The van der Waals surface area contributed by atoms with E-state index in [1.54, 1.807) is 0 Å². The van der Waals surface area contributed by atoms with Gasteiger partial charge in [-0.2, -0.15) is 5.26 Å². The second-order valence-corrected chi connectivity index (χ2v) is 3.80. The molecule has 0 spiro atoms. The van der Waals surface area contributed by atoms with Crippen LogP contribution in [0.1, 0.15) is 21.5 Å². The zero-order valence-electron chi connectivity index (χ0n) is 9.84.